The highest BCUT2D eigenvalue weighted by Gasteiger charge is 2.36. The van der Waals surface area contributed by atoms with Crippen molar-refractivity contribution in [2.45, 2.75) is 6.42 Å². The molecular weight excluding hydrogens is 128 g/mol. The molecule has 10 heavy (non-hydrogen) atoms. The standard InChI is InChI=1S/C6H12N4/c7-6(8)10-4-5-1-2-9(10)3-5/h5H,1-4H2,(H3,7,8). The number of rotatable bonds is 0. The van der Waals surface area contributed by atoms with E-state index in [-0.39, 0.29) is 5.96 Å². The van der Waals surface area contributed by atoms with Crippen LogP contribution in [0.5, 0.6) is 0 Å². The second kappa shape index (κ2) is 1.85. The third kappa shape index (κ3) is 0.686. The first-order valence-electron chi connectivity index (χ1n) is 3.64. The number of nitrogens with zero attached hydrogens (tertiary/aromatic N) is 2. The fraction of sp³-hybridized carbons (Fsp3) is 0.833. The van der Waals surface area contributed by atoms with Gasteiger partial charge in [-0.3, -0.25) is 10.4 Å². The minimum Gasteiger partial charge on any atom is -0.369 e. The van der Waals surface area contributed by atoms with E-state index in [9.17, 15) is 0 Å². The summed E-state index contributed by atoms with van der Waals surface area (Å²) >= 11 is 0. The minimum absolute atomic E-state index is 0.196. The Morgan fingerprint density at radius 1 is 1.50 bits per heavy atom. The quantitative estimate of drug-likeness (QED) is 0.350. The third-order valence-electron chi connectivity index (χ3n) is 2.32. The Morgan fingerprint density at radius 2 is 2.30 bits per heavy atom. The van der Waals surface area contributed by atoms with Crippen molar-refractivity contribution in [3.63, 3.8) is 0 Å². The molecule has 2 heterocycles. The van der Waals surface area contributed by atoms with E-state index in [0.717, 1.165) is 25.6 Å². The van der Waals surface area contributed by atoms with Gasteiger partial charge in [-0.2, -0.15) is 0 Å². The molecule has 2 aliphatic rings. The number of nitrogens with one attached hydrogen (secondary N) is 1. The molecule has 4 nitrogen and oxygen atoms in total. The second-order valence-corrected chi connectivity index (χ2v) is 3.03. The van der Waals surface area contributed by atoms with Gasteiger partial charge < -0.3 is 5.73 Å². The monoisotopic (exact) mass is 140 g/mol. The summed E-state index contributed by atoms with van der Waals surface area (Å²) in [7, 11) is 0. The molecule has 2 unspecified atom stereocenters. The SMILES string of the molecule is N=C(N)N1CC2CCN1C2. The van der Waals surface area contributed by atoms with Gasteiger partial charge in [0.15, 0.2) is 0 Å². The first-order valence-corrected chi connectivity index (χ1v) is 3.64. The number of hydrogen-bond acceptors (Lipinski definition) is 2. The van der Waals surface area contributed by atoms with Crippen molar-refractivity contribution in [1.29, 1.82) is 5.41 Å². The summed E-state index contributed by atoms with van der Waals surface area (Å²) in [5.41, 5.74) is 5.35. The van der Waals surface area contributed by atoms with Gasteiger partial charge in [-0.05, 0) is 12.3 Å². The van der Waals surface area contributed by atoms with Gasteiger partial charge >= 0.3 is 0 Å². The van der Waals surface area contributed by atoms with Crippen LogP contribution >= 0.6 is 0 Å². The zero-order valence-corrected chi connectivity index (χ0v) is 5.88. The van der Waals surface area contributed by atoms with Gasteiger partial charge in [0.2, 0.25) is 5.96 Å². The van der Waals surface area contributed by atoms with Crippen molar-refractivity contribution in [1.82, 2.24) is 10.0 Å². The van der Waals surface area contributed by atoms with Crippen molar-refractivity contribution in [3.8, 4) is 0 Å². The Bertz CT molecular complexity index is 167. The van der Waals surface area contributed by atoms with Gasteiger partial charge in [0.25, 0.3) is 0 Å². The molecule has 0 spiro atoms. The smallest absolute Gasteiger partial charge is 0.203 e. The van der Waals surface area contributed by atoms with Crippen LogP contribution in [0.15, 0.2) is 0 Å². The average Bonchev–Trinajstić information content (AvgIpc) is 2.44. The molecule has 2 bridgehead atoms. The van der Waals surface area contributed by atoms with Crippen molar-refractivity contribution in [2.24, 2.45) is 11.7 Å². The van der Waals surface area contributed by atoms with Crippen molar-refractivity contribution < 1.29 is 0 Å². The van der Waals surface area contributed by atoms with E-state index < -0.39 is 0 Å². The number of fused-ring (bicyclic) bond motifs is 2. The third-order valence-corrected chi connectivity index (χ3v) is 2.32. The molecular formula is C6H12N4. The van der Waals surface area contributed by atoms with Crippen LogP contribution in [-0.4, -0.2) is 35.6 Å². The average molecular weight is 140 g/mol. The van der Waals surface area contributed by atoms with Gasteiger partial charge in [-0.25, -0.2) is 5.01 Å². The van der Waals surface area contributed by atoms with E-state index in [1.165, 1.54) is 6.42 Å². The summed E-state index contributed by atoms with van der Waals surface area (Å²) in [6.07, 6.45) is 1.28. The van der Waals surface area contributed by atoms with E-state index in [4.69, 9.17) is 11.1 Å². The van der Waals surface area contributed by atoms with Crippen LogP contribution in [0.1, 0.15) is 6.42 Å². The summed E-state index contributed by atoms with van der Waals surface area (Å²) in [6, 6.07) is 0. The maximum Gasteiger partial charge on any atom is 0.203 e. The molecule has 4 heteroatoms. The summed E-state index contributed by atoms with van der Waals surface area (Å²) in [5.74, 6) is 0.964. The predicted molar refractivity (Wildman–Crippen MR) is 38.3 cm³/mol. The summed E-state index contributed by atoms with van der Waals surface area (Å²) in [5, 5.41) is 11.2. The number of hydrogen-bond donors (Lipinski definition) is 2. The van der Waals surface area contributed by atoms with Crippen LogP contribution in [0.4, 0.5) is 0 Å². The Kier molecular flexibility index (Phi) is 1.11. The van der Waals surface area contributed by atoms with Crippen molar-refractivity contribution in [2.75, 3.05) is 19.6 Å². The highest BCUT2D eigenvalue weighted by molar-refractivity contribution is 5.74. The van der Waals surface area contributed by atoms with E-state index in [1.54, 1.807) is 0 Å². The molecule has 3 N–H and O–H groups in total. The van der Waals surface area contributed by atoms with E-state index in [0.29, 0.717) is 0 Å². The van der Waals surface area contributed by atoms with Crippen LogP contribution < -0.4 is 5.73 Å². The zero-order valence-electron chi connectivity index (χ0n) is 5.88. The highest BCUT2D eigenvalue weighted by Crippen LogP contribution is 2.26. The number of guanidine groups is 1. The molecule has 2 fully saturated rings. The minimum atomic E-state index is 0.196. The molecule has 2 aliphatic heterocycles. The summed E-state index contributed by atoms with van der Waals surface area (Å²) in [4.78, 5) is 0. The molecule has 2 atom stereocenters. The maximum atomic E-state index is 7.21. The van der Waals surface area contributed by atoms with Gasteiger partial charge in [0.1, 0.15) is 0 Å². The van der Waals surface area contributed by atoms with Gasteiger partial charge in [0.05, 0.1) is 0 Å². The predicted octanol–water partition coefficient (Wildman–Crippen LogP) is -0.568. The molecule has 0 aromatic heterocycles. The summed E-state index contributed by atoms with van der Waals surface area (Å²) in [6.45, 7) is 3.17. The second-order valence-electron chi connectivity index (χ2n) is 3.03. The van der Waals surface area contributed by atoms with Crippen LogP contribution in [0.2, 0.25) is 0 Å². The van der Waals surface area contributed by atoms with Gasteiger partial charge in [0, 0.05) is 19.6 Å². The molecule has 0 saturated carbocycles. The van der Waals surface area contributed by atoms with E-state index >= 15 is 0 Å². The lowest BCUT2D eigenvalue weighted by molar-refractivity contribution is 0.101. The van der Waals surface area contributed by atoms with Crippen molar-refractivity contribution >= 4 is 5.96 Å². The first kappa shape index (κ1) is 5.97. The lowest BCUT2D eigenvalue weighted by Gasteiger charge is -2.28. The maximum absolute atomic E-state index is 7.21. The van der Waals surface area contributed by atoms with Crippen LogP contribution in [-0.2, 0) is 0 Å². The molecule has 0 aromatic carbocycles. The van der Waals surface area contributed by atoms with Crippen LogP contribution in [0, 0.1) is 11.3 Å². The zero-order chi connectivity index (χ0) is 7.14. The Balaban J connectivity index is 2.08. The van der Waals surface area contributed by atoms with Crippen LogP contribution in [0.3, 0.4) is 0 Å². The lowest BCUT2D eigenvalue weighted by atomic mass is 10.1. The van der Waals surface area contributed by atoms with Crippen LogP contribution in [0.25, 0.3) is 0 Å². The number of hydrazine groups is 1. The van der Waals surface area contributed by atoms with Gasteiger partial charge in [-0.1, -0.05) is 0 Å². The Morgan fingerprint density at radius 3 is 2.60 bits per heavy atom. The summed E-state index contributed by atoms with van der Waals surface area (Å²) < 4.78 is 0. The lowest BCUT2D eigenvalue weighted by Crippen LogP contribution is -2.46. The fourth-order valence-electron chi connectivity index (χ4n) is 1.79. The Hall–Kier alpha value is -0.770. The normalized spacial score (nSPS) is 37.0. The van der Waals surface area contributed by atoms with E-state index in [1.807, 2.05) is 5.01 Å². The highest BCUT2D eigenvalue weighted by atomic mass is 15.7. The molecule has 0 radical (unpaired) electrons. The van der Waals surface area contributed by atoms with Gasteiger partial charge in [-0.15, -0.1) is 0 Å². The molecule has 2 rings (SSSR count). The fourth-order valence-corrected chi connectivity index (χ4v) is 1.79. The largest absolute Gasteiger partial charge is 0.369 e. The Labute approximate surface area is 60.1 Å². The topological polar surface area (TPSA) is 56.4 Å². The molecule has 0 aliphatic carbocycles. The number of nitrogens with two attached hydrogens (primary N) is 1. The molecule has 2 saturated heterocycles. The van der Waals surface area contributed by atoms with E-state index in [2.05, 4.69) is 5.01 Å². The van der Waals surface area contributed by atoms with Crippen molar-refractivity contribution in [3.05, 3.63) is 0 Å². The molecule has 0 amide bonds. The molecule has 56 valence electrons. The first-order chi connectivity index (χ1) is 4.77. The molecule has 0 aromatic rings.